The van der Waals surface area contributed by atoms with Crippen LogP contribution in [0.5, 0.6) is 5.75 Å². The zero-order valence-corrected chi connectivity index (χ0v) is 14.2. The Morgan fingerprint density at radius 2 is 1.96 bits per heavy atom. The van der Waals surface area contributed by atoms with Gasteiger partial charge in [-0.05, 0) is 29.8 Å². The highest BCUT2D eigenvalue weighted by atomic mass is 19.1. The van der Waals surface area contributed by atoms with Crippen LogP contribution in [0, 0.1) is 5.82 Å². The number of rotatable bonds is 5. The lowest BCUT2D eigenvalue weighted by Crippen LogP contribution is -2.11. The van der Waals surface area contributed by atoms with E-state index in [9.17, 15) is 9.18 Å². The van der Waals surface area contributed by atoms with Gasteiger partial charge in [0.15, 0.2) is 17.1 Å². The molecule has 0 unspecified atom stereocenters. The van der Waals surface area contributed by atoms with Crippen LogP contribution < -0.4 is 10.1 Å². The van der Waals surface area contributed by atoms with Crippen molar-refractivity contribution in [1.29, 1.82) is 0 Å². The minimum Gasteiger partial charge on any atom is -0.493 e. The number of aromatic nitrogens is 2. The predicted molar refractivity (Wildman–Crippen MR) is 94.2 cm³/mol. The summed E-state index contributed by atoms with van der Waals surface area (Å²) >= 11 is 0. The van der Waals surface area contributed by atoms with Gasteiger partial charge in [0.2, 0.25) is 5.89 Å². The number of furan rings is 1. The number of nitrogens with zero attached hydrogens (tertiary/aromatic N) is 2. The van der Waals surface area contributed by atoms with Crippen molar-refractivity contribution in [2.75, 3.05) is 12.4 Å². The van der Waals surface area contributed by atoms with Crippen LogP contribution in [0.1, 0.15) is 22.0 Å². The summed E-state index contributed by atoms with van der Waals surface area (Å²) in [7, 11) is 1.53. The molecule has 2 aromatic carbocycles. The maximum Gasteiger partial charge on any atom is 0.322 e. The monoisotopic (exact) mass is 367 g/mol. The van der Waals surface area contributed by atoms with Crippen molar-refractivity contribution in [1.82, 2.24) is 10.2 Å². The molecule has 0 spiro atoms. The van der Waals surface area contributed by atoms with E-state index in [2.05, 4.69) is 15.5 Å². The van der Waals surface area contributed by atoms with Crippen molar-refractivity contribution in [3.05, 3.63) is 71.6 Å². The zero-order valence-electron chi connectivity index (χ0n) is 14.2. The average molecular weight is 367 g/mol. The summed E-state index contributed by atoms with van der Waals surface area (Å²) in [5.41, 5.74) is 1.29. The second-order valence-corrected chi connectivity index (χ2v) is 5.75. The summed E-state index contributed by atoms with van der Waals surface area (Å²) in [5.74, 6) is 0.0758. The third kappa shape index (κ3) is 3.50. The van der Waals surface area contributed by atoms with E-state index in [0.29, 0.717) is 23.6 Å². The molecule has 0 aliphatic carbocycles. The highest BCUT2D eigenvalue weighted by Gasteiger charge is 2.17. The lowest BCUT2D eigenvalue weighted by molar-refractivity contribution is 0.0995. The van der Waals surface area contributed by atoms with Crippen LogP contribution in [-0.4, -0.2) is 23.2 Å². The minimum atomic E-state index is -0.523. The number of carbonyl (C=O) groups excluding carboxylic acids is 1. The van der Waals surface area contributed by atoms with E-state index < -0.39 is 5.91 Å². The summed E-state index contributed by atoms with van der Waals surface area (Å²) < 4.78 is 29.1. The number of hydrogen-bond acceptors (Lipinski definition) is 6. The van der Waals surface area contributed by atoms with Gasteiger partial charge in [-0.15, -0.1) is 5.10 Å². The fourth-order valence-corrected chi connectivity index (χ4v) is 2.62. The molecular formula is C19H14FN3O4. The summed E-state index contributed by atoms with van der Waals surface area (Å²) in [6, 6.07) is 12.9. The lowest BCUT2D eigenvalue weighted by Gasteiger charge is -1.99. The van der Waals surface area contributed by atoms with Crippen LogP contribution in [0.2, 0.25) is 0 Å². The normalized spacial score (nSPS) is 10.9. The molecule has 136 valence electrons. The third-order valence-corrected chi connectivity index (χ3v) is 3.91. The zero-order chi connectivity index (χ0) is 18.8. The second-order valence-electron chi connectivity index (χ2n) is 5.75. The molecule has 7 nitrogen and oxygen atoms in total. The number of amides is 1. The first kappa shape index (κ1) is 16.8. The highest BCUT2D eigenvalue weighted by molar-refractivity contribution is 6.04. The standard InChI is InChI=1S/C19H14FN3O4/c1-25-14-4-2-3-12-10-15(26-17(12)14)18(24)21-19-23-22-16(27-19)9-11-5-7-13(20)8-6-11/h2-8,10H,9H2,1H3,(H,21,23,24). The molecule has 0 bridgehead atoms. The van der Waals surface area contributed by atoms with E-state index >= 15 is 0 Å². The Labute approximate surface area is 152 Å². The smallest absolute Gasteiger partial charge is 0.322 e. The Bertz CT molecular complexity index is 1100. The average Bonchev–Trinajstić information content (AvgIpc) is 3.30. The lowest BCUT2D eigenvalue weighted by atomic mass is 10.1. The Balaban J connectivity index is 1.48. The van der Waals surface area contributed by atoms with Gasteiger partial charge in [0.25, 0.3) is 5.91 Å². The van der Waals surface area contributed by atoms with Gasteiger partial charge in [-0.3, -0.25) is 10.1 Å². The number of carbonyl (C=O) groups is 1. The van der Waals surface area contributed by atoms with Gasteiger partial charge in [0, 0.05) is 5.39 Å². The Kier molecular flexibility index (Phi) is 4.29. The number of anilines is 1. The number of benzene rings is 2. The molecule has 0 radical (unpaired) electrons. The molecule has 1 amide bonds. The number of methoxy groups -OCH3 is 1. The third-order valence-electron chi connectivity index (χ3n) is 3.91. The number of hydrogen-bond donors (Lipinski definition) is 1. The van der Waals surface area contributed by atoms with Gasteiger partial charge in [0.1, 0.15) is 5.82 Å². The van der Waals surface area contributed by atoms with E-state index in [4.69, 9.17) is 13.6 Å². The van der Waals surface area contributed by atoms with Crippen molar-refractivity contribution >= 4 is 22.9 Å². The fraction of sp³-hybridized carbons (Fsp3) is 0.105. The summed E-state index contributed by atoms with van der Waals surface area (Å²) in [4.78, 5) is 12.4. The Morgan fingerprint density at radius 3 is 2.74 bits per heavy atom. The molecule has 2 aromatic heterocycles. The molecular weight excluding hydrogens is 353 g/mol. The molecule has 2 heterocycles. The van der Waals surface area contributed by atoms with Crippen LogP contribution in [0.4, 0.5) is 10.4 Å². The first-order valence-electron chi connectivity index (χ1n) is 8.07. The molecule has 0 fully saturated rings. The molecule has 0 saturated carbocycles. The molecule has 1 N–H and O–H groups in total. The van der Waals surface area contributed by atoms with Crippen molar-refractivity contribution in [2.24, 2.45) is 0 Å². The number of ether oxygens (including phenoxy) is 1. The van der Waals surface area contributed by atoms with Gasteiger partial charge < -0.3 is 13.6 Å². The molecule has 0 atom stereocenters. The predicted octanol–water partition coefficient (Wildman–Crippen LogP) is 3.81. The van der Waals surface area contributed by atoms with Gasteiger partial charge >= 0.3 is 6.01 Å². The summed E-state index contributed by atoms with van der Waals surface area (Å²) in [6.07, 6.45) is 0.324. The van der Waals surface area contributed by atoms with Crippen molar-refractivity contribution in [3.63, 3.8) is 0 Å². The number of halogens is 1. The van der Waals surface area contributed by atoms with E-state index in [1.54, 1.807) is 30.3 Å². The molecule has 0 aliphatic rings. The van der Waals surface area contributed by atoms with Crippen LogP contribution in [-0.2, 0) is 6.42 Å². The first-order chi connectivity index (χ1) is 13.1. The maximum absolute atomic E-state index is 12.9. The van der Waals surface area contributed by atoms with Gasteiger partial charge in [-0.2, -0.15) is 0 Å². The summed E-state index contributed by atoms with van der Waals surface area (Å²) in [6.45, 7) is 0. The van der Waals surface area contributed by atoms with E-state index in [0.717, 1.165) is 10.9 Å². The molecule has 0 saturated heterocycles. The van der Waals surface area contributed by atoms with Crippen LogP contribution in [0.25, 0.3) is 11.0 Å². The fourth-order valence-electron chi connectivity index (χ4n) is 2.62. The Morgan fingerprint density at radius 1 is 1.15 bits per heavy atom. The molecule has 4 aromatic rings. The van der Waals surface area contributed by atoms with Gasteiger partial charge in [-0.25, -0.2) is 4.39 Å². The van der Waals surface area contributed by atoms with Crippen LogP contribution >= 0.6 is 0 Å². The molecule has 0 aliphatic heterocycles. The van der Waals surface area contributed by atoms with Crippen molar-refractivity contribution in [2.45, 2.75) is 6.42 Å². The van der Waals surface area contributed by atoms with Crippen LogP contribution in [0.3, 0.4) is 0 Å². The van der Waals surface area contributed by atoms with E-state index in [1.807, 2.05) is 6.07 Å². The second kappa shape index (κ2) is 6.91. The number of nitrogens with one attached hydrogen (secondary N) is 1. The molecule has 4 rings (SSSR count). The van der Waals surface area contributed by atoms with E-state index in [-0.39, 0.29) is 17.6 Å². The molecule has 8 heteroatoms. The molecule has 27 heavy (non-hydrogen) atoms. The number of para-hydroxylation sites is 1. The van der Waals surface area contributed by atoms with Gasteiger partial charge in [-0.1, -0.05) is 29.4 Å². The Hall–Kier alpha value is -3.68. The first-order valence-corrected chi connectivity index (χ1v) is 8.07. The number of fused-ring (bicyclic) bond motifs is 1. The van der Waals surface area contributed by atoms with E-state index in [1.165, 1.54) is 19.2 Å². The van der Waals surface area contributed by atoms with Crippen molar-refractivity contribution < 1.29 is 22.8 Å². The summed E-state index contributed by atoms with van der Waals surface area (Å²) in [5, 5.41) is 10.9. The highest BCUT2D eigenvalue weighted by Crippen LogP contribution is 2.28. The minimum absolute atomic E-state index is 0.0514. The largest absolute Gasteiger partial charge is 0.493 e. The topological polar surface area (TPSA) is 90.4 Å². The SMILES string of the molecule is COc1cccc2cc(C(=O)Nc3nnc(Cc4ccc(F)cc4)o3)oc12. The quantitative estimate of drug-likeness (QED) is 0.577. The van der Waals surface area contributed by atoms with Crippen LogP contribution in [0.15, 0.2) is 57.4 Å². The maximum atomic E-state index is 12.9. The van der Waals surface area contributed by atoms with Gasteiger partial charge in [0.05, 0.1) is 13.5 Å². The van der Waals surface area contributed by atoms with Crippen molar-refractivity contribution in [3.8, 4) is 5.75 Å².